The number of hydrogen-bond donors (Lipinski definition) is 3. The Morgan fingerprint density at radius 2 is 2.18 bits per heavy atom. The molecule has 7 rings (SSSR count). The number of anilines is 1. The molecule has 1 aromatic carbocycles. The van der Waals surface area contributed by atoms with Crippen molar-refractivity contribution in [2.45, 2.75) is 68.9 Å². The van der Waals surface area contributed by atoms with Crippen molar-refractivity contribution in [2.24, 2.45) is 0 Å². The van der Waals surface area contributed by atoms with E-state index in [4.69, 9.17) is 41.3 Å². The second-order valence-corrected chi connectivity index (χ2v) is 13.3. The summed E-state index contributed by atoms with van der Waals surface area (Å²) in [6.07, 6.45) is 6.22. The molecule has 0 saturated carbocycles. The Morgan fingerprint density at radius 1 is 1.29 bits per heavy atom. The highest BCUT2D eigenvalue weighted by atomic mass is 35.5. The van der Waals surface area contributed by atoms with Crippen LogP contribution in [-0.2, 0) is 39.4 Å². The molecule has 240 valence electrons. The number of fused-ring (bicyclic) bond motifs is 4. The maximum Gasteiger partial charge on any atom is 0.318 e. The first-order chi connectivity index (χ1) is 21.8. The van der Waals surface area contributed by atoms with Gasteiger partial charge in [-0.2, -0.15) is 9.97 Å². The Morgan fingerprint density at radius 3 is 3.04 bits per heavy atom. The average molecular weight is 641 g/mol. The van der Waals surface area contributed by atoms with Crippen LogP contribution in [0.4, 0.5) is 10.2 Å². The van der Waals surface area contributed by atoms with E-state index in [1.807, 2.05) is 12.1 Å². The summed E-state index contributed by atoms with van der Waals surface area (Å²) < 4.78 is 27.6. The van der Waals surface area contributed by atoms with Gasteiger partial charge in [-0.15, -0.1) is 0 Å². The van der Waals surface area contributed by atoms with E-state index in [0.29, 0.717) is 45.2 Å². The summed E-state index contributed by atoms with van der Waals surface area (Å²) in [6, 6.07) is 6.31. The van der Waals surface area contributed by atoms with Gasteiger partial charge in [0, 0.05) is 49.0 Å². The SMILES string of the molecule is CONC(=O)C(=N)/C=C1/CN(c2nc(OC[C@@]34CCCN3CC(F)C4)nc3c2CO[C@@]2(CCc4c(Cl)cccc42)C3)CCC[NH2+]1. The van der Waals surface area contributed by atoms with Crippen LogP contribution in [0, 0.1) is 5.41 Å². The molecule has 0 radical (unpaired) electrons. The molecule has 45 heavy (non-hydrogen) atoms. The van der Waals surface area contributed by atoms with Gasteiger partial charge in [0.2, 0.25) is 0 Å². The molecule has 5 aliphatic rings. The van der Waals surface area contributed by atoms with Crippen LogP contribution in [0.2, 0.25) is 5.02 Å². The third kappa shape index (κ3) is 5.71. The fraction of sp³-hybridized carbons (Fsp3) is 0.562. The van der Waals surface area contributed by atoms with Crippen molar-refractivity contribution in [3.8, 4) is 6.01 Å². The fourth-order valence-electron chi connectivity index (χ4n) is 7.95. The molecule has 3 atom stereocenters. The summed E-state index contributed by atoms with van der Waals surface area (Å²) in [5, 5.41) is 11.0. The molecule has 3 saturated heterocycles. The summed E-state index contributed by atoms with van der Waals surface area (Å²) in [4.78, 5) is 31.3. The molecule has 1 aliphatic carbocycles. The van der Waals surface area contributed by atoms with Gasteiger partial charge in [0.25, 0.3) is 5.91 Å². The van der Waals surface area contributed by atoms with Crippen molar-refractivity contribution in [1.82, 2.24) is 20.3 Å². The monoisotopic (exact) mass is 640 g/mol. The second kappa shape index (κ2) is 12.2. The smallest absolute Gasteiger partial charge is 0.318 e. The van der Waals surface area contributed by atoms with Crippen LogP contribution in [0.5, 0.6) is 6.01 Å². The van der Waals surface area contributed by atoms with Crippen molar-refractivity contribution >= 4 is 29.0 Å². The number of hydroxylamine groups is 1. The molecule has 3 fully saturated rings. The minimum absolute atomic E-state index is 0.189. The Labute approximate surface area is 266 Å². The zero-order valence-corrected chi connectivity index (χ0v) is 26.3. The van der Waals surface area contributed by atoms with Crippen LogP contribution in [0.25, 0.3) is 0 Å². The zero-order chi connectivity index (χ0) is 31.2. The minimum Gasteiger partial charge on any atom is -0.461 e. The third-order valence-electron chi connectivity index (χ3n) is 10.1. The molecule has 11 nitrogen and oxygen atoms in total. The number of ether oxygens (including phenoxy) is 2. The molecule has 0 bridgehead atoms. The van der Waals surface area contributed by atoms with Crippen LogP contribution >= 0.6 is 11.6 Å². The molecule has 5 heterocycles. The molecule has 2 aromatic rings. The molecule has 4 N–H and O–H groups in total. The number of halogens is 2. The Kier molecular flexibility index (Phi) is 8.28. The lowest BCUT2D eigenvalue weighted by Crippen LogP contribution is -2.82. The van der Waals surface area contributed by atoms with Gasteiger partial charge in [0.05, 0.1) is 43.6 Å². The number of aromatic nitrogens is 2. The number of nitrogens with zero attached hydrogens (tertiary/aromatic N) is 4. The van der Waals surface area contributed by atoms with Crippen LogP contribution in [-0.4, -0.2) is 84.6 Å². The van der Waals surface area contributed by atoms with E-state index in [0.717, 1.165) is 90.7 Å². The van der Waals surface area contributed by atoms with Gasteiger partial charge < -0.3 is 19.7 Å². The number of quaternary nitrogens is 1. The number of benzene rings is 1. The lowest BCUT2D eigenvalue weighted by atomic mass is 9.87. The quantitative estimate of drug-likeness (QED) is 0.311. The van der Waals surface area contributed by atoms with E-state index >= 15 is 0 Å². The Hall–Kier alpha value is -3.16. The molecule has 4 aliphatic heterocycles. The number of carbonyl (C=O) groups is 1. The zero-order valence-electron chi connectivity index (χ0n) is 25.5. The predicted molar refractivity (Wildman–Crippen MR) is 165 cm³/mol. The first-order valence-corrected chi connectivity index (χ1v) is 16.2. The standard InChI is InChI=1S/C32H39ClFN7O4/c1-43-39-29(42)26(35)13-21-17-40(11-4-10-36-21)28-23-18-45-32(9-7-22-24(32)5-2-6-25(22)33)15-27(23)37-30(38-28)44-19-31-8-3-12-41(31)16-20(34)14-31/h2,5-6,13,20,35-36H,3-4,7-12,14-19H2,1H3,(H,39,42)/p+1/b21-13-,35-26?/t20?,31-,32-/m0/s1. The van der Waals surface area contributed by atoms with Crippen LogP contribution < -0.4 is 20.4 Å². The van der Waals surface area contributed by atoms with Gasteiger partial charge in [0.15, 0.2) is 0 Å². The Balaban J connectivity index is 1.23. The summed E-state index contributed by atoms with van der Waals surface area (Å²) >= 11 is 6.59. The van der Waals surface area contributed by atoms with Crippen molar-refractivity contribution in [3.05, 3.63) is 57.4 Å². The fourth-order valence-corrected chi connectivity index (χ4v) is 8.22. The van der Waals surface area contributed by atoms with E-state index in [1.54, 1.807) is 6.08 Å². The second-order valence-electron chi connectivity index (χ2n) is 12.9. The molecular formula is C32H40ClFN7O4+. The van der Waals surface area contributed by atoms with Crippen molar-refractivity contribution < 1.29 is 28.8 Å². The molecule has 1 spiro atoms. The van der Waals surface area contributed by atoms with E-state index < -0.39 is 17.7 Å². The van der Waals surface area contributed by atoms with Crippen LogP contribution in [0.3, 0.4) is 0 Å². The first-order valence-electron chi connectivity index (χ1n) is 15.8. The van der Waals surface area contributed by atoms with E-state index in [1.165, 1.54) is 7.11 Å². The van der Waals surface area contributed by atoms with Crippen LogP contribution in [0.1, 0.15) is 54.5 Å². The van der Waals surface area contributed by atoms with Crippen LogP contribution in [0.15, 0.2) is 30.0 Å². The number of alkyl halides is 1. The summed E-state index contributed by atoms with van der Waals surface area (Å²) in [7, 11) is 1.34. The summed E-state index contributed by atoms with van der Waals surface area (Å²) in [5.74, 6) is 0.126. The Bertz CT molecular complexity index is 1540. The van der Waals surface area contributed by atoms with Gasteiger partial charge in [-0.05, 0) is 49.4 Å². The van der Waals surface area contributed by atoms with Crippen molar-refractivity contribution in [3.63, 3.8) is 0 Å². The normalized spacial score (nSPS) is 28.6. The highest BCUT2D eigenvalue weighted by Gasteiger charge is 2.50. The third-order valence-corrected chi connectivity index (χ3v) is 10.5. The maximum atomic E-state index is 14.5. The molecule has 1 aromatic heterocycles. The molecule has 13 heteroatoms. The largest absolute Gasteiger partial charge is 0.461 e. The predicted octanol–water partition coefficient (Wildman–Crippen LogP) is 2.35. The highest BCUT2D eigenvalue weighted by molar-refractivity contribution is 6.41. The number of carbonyl (C=O) groups excluding carboxylic acids is 1. The maximum absolute atomic E-state index is 14.5. The van der Waals surface area contributed by atoms with Gasteiger partial charge in [-0.1, -0.05) is 23.7 Å². The molecule has 1 unspecified atom stereocenters. The van der Waals surface area contributed by atoms with Gasteiger partial charge in [0.1, 0.15) is 30.0 Å². The van der Waals surface area contributed by atoms with E-state index in [-0.39, 0.29) is 11.3 Å². The summed E-state index contributed by atoms with van der Waals surface area (Å²) in [6.45, 7) is 4.00. The number of nitrogens with one attached hydrogen (secondary N) is 2. The number of nitrogens with two attached hydrogens (primary N) is 1. The van der Waals surface area contributed by atoms with E-state index in [9.17, 15) is 9.18 Å². The number of rotatable bonds is 7. The van der Waals surface area contributed by atoms with Crippen molar-refractivity contribution in [2.75, 3.05) is 51.3 Å². The average Bonchev–Trinajstić information content (AvgIpc) is 3.60. The lowest BCUT2D eigenvalue weighted by molar-refractivity contribution is -0.604. The lowest BCUT2D eigenvalue weighted by Gasteiger charge is -2.37. The first kappa shape index (κ1) is 30.5. The van der Waals surface area contributed by atoms with Crippen molar-refractivity contribution in [1.29, 1.82) is 5.41 Å². The minimum atomic E-state index is -0.844. The summed E-state index contributed by atoms with van der Waals surface area (Å²) in [5.41, 5.74) is 6.07. The van der Waals surface area contributed by atoms with E-state index in [2.05, 4.69) is 26.7 Å². The molecular weight excluding hydrogens is 601 g/mol. The van der Waals surface area contributed by atoms with Gasteiger partial charge in [-0.3, -0.25) is 19.9 Å². The number of amides is 1. The molecule has 1 amide bonds. The van der Waals surface area contributed by atoms with Gasteiger partial charge >= 0.3 is 6.01 Å². The van der Waals surface area contributed by atoms with Gasteiger partial charge in [-0.25, -0.2) is 9.87 Å². The highest BCUT2D eigenvalue weighted by Crippen LogP contribution is 2.49. The number of hydrogen-bond acceptors (Lipinski definition) is 9. The topological polar surface area (TPSA) is 130 Å².